The van der Waals surface area contributed by atoms with E-state index in [0.717, 1.165) is 18.2 Å². The predicted octanol–water partition coefficient (Wildman–Crippen LogP) is 2.20. The van der Waals surface area contributed by atoms with Crippen LogP contribution in [0.25, 0.3) is 0 Å². The van der Waals surface area contributed by atoms with Crippen LogP contribution >= 0.6 is 11.3 Å². The summed E-state index contributed by atoms with van der Waals surface area (Å²) in [6.45, 7) is 6.00. The minimum Gasteiger partial charge on any atom is -0.382 e. The molecule has 2 N–H and O–H groups in total. The van der Waals surface area contributed by atoms with Gasteiger partial charge < -0.3 is 15.5 Å². The van der Waals surface area contributed by atoms with E-state index < -0.39 is 0 Å². The lowest BCUT2D eigenvalue weighted by atomic mass is 10.1. The topological polar surface area (TPSA) is 62.5 Å². The molecule has 0 aliphatic carbocycles. The number of nitrogen functional groups attached to an aromatic ring is 1. The van der Waals surface area contributed by atoms with Gasteiger partial charge in [-0.05, 0) is 33.1 Å². The summed E-state index contributed by atoms with van der Waals surface area (Å²) in [4.78, 5) is 21.2. The van der Waals surface area contributed by atoms with Crippen molar-refractivity contribution >= 4 is 28.2 Å². The Bertz CT molecular complexity index is 451. The summed E-state index contributed by atoms with van der Waals surface area (Å²) in [6, 6.07) is 0.160. The molecular formula is C13H22N4OS. The van der Waals surface area contributed by atoms with E-state index in [9.17, 15) is 4.79 Å². The lowest BCUT2D eigenvalue weighted by Crippen LogP contribution is -2.32. The number of aromatic nitrogens is 1. The Morgan fingerprint density at radius 1 is 1.37 bits per heavy atom. The van der Waals surface area contributed by atoms with Gasteiger partial charge in [-0.2, -0.15) is 0 Å². The van der Waals surface area contributed by atoms with Gasteiger partial charge in [0.15, 0.2) is 5.13 Å². The number of nitrogens with zero attached hydrogens (tertiary/aromatic N) is 3. The number of nitrogens with two attached hydrogens (primary N) is 1. The van der Waals surface area contributed by atoms with Gasteiger partial charge in [0.2, 0.25) is 0 Å². The number of amides is 1. The number of hydrogen-bond acceptors (Lipinski definition) is 5. The third-order valence-electron chi connectivity index (χ3n) is 3.56. The van der Waals surface area contributed by atoms with Crippen LogP contribution in [-0.4, -0.2) is 42.0 Å². The van der Waals surface area contributed by atoms with Crippen molar-refractivity contribution in [2.45, 2.75) is 39.2 Å². The molecular weight excluding hydrogens is 260 g/mol. The van der Waals surface area contributed by atoms with Gasteiger partial charge in [0, 0.05) is 26.2 Å². The van der Waals surface area contributed by atoms with E-state index in [1.54, 1.807) is 11.9 Å². The monoisotopic (exact) mass is 282 g/mol. The van der Waals surface area contributed by atoms with Gasteiger partial charge in [0.1, 0.15) is 10.7 Å². The van der Waals surface area contributed by atoms with Gasteiger partial charge in [-0.3, -0.25) is 4.79 Å². The van der Waals surface area contributed by atoms with Crippen LogP contribution < -0.4 is 10.6 Å². The van der Waals surface area contributed by atoms with Crippen LogP contribution in [0.4, 0.5) is 10.9 Å². The molecule has 1 saturated heterocycles. The highest BCUT2D eigenvalue weighted by atomic mass is 32.1. The molecule has 0 radical (unpaired) electrons. The molecule has 1 aromatic rings. The minimum atomic E-state index is -0.0340. The van der Waals surface area contributed by atoms with E-state index in [2.05, 4.69) is 9.88 Å². The zero-order chi connectivity index (χ0) is 14.0. The molecule has 0 spiro atoms. The van der Waals surface area contributed by atoms with E-state index in [-0.39, 0.29) is 11.9 Å². The molecule has 1 aliphatic rings. The number of rotatable bonds is 3. The van der Waals surface area contributed by atoms with E-state index in [4.69, 9.17) is 5.73 Å². The van der Waals surface area contributed by atoms with Crippen LogP contribution in [0.3, 0.4) is 0 Å². The summed E-state index contributed by atoms with van der Waals surface area (Å²) < 4.78 is 0. The van der Waals surface area contributed by atoms with Crippen LogP contribution in [0.2, 0.25) is 0 Å². The van der Waals surface area contributed by atoms with E-state index in [1.165, 1.54) is 30.6 Å². The molecule has 6 heteroatoms. The highest BCUT2D eigenvalue weighted by molar-refractivity contribution is 7.18. The average molecular weight is 282 g/mol. The maximum atomic E-state index is 12.3. The first kappa shape index (κ1) is 14.1. The lowest BCUT2D eigenvalue weighted by Gasteiger charge is -2.25. The van der Waals surface area contributed by atoms with Crippen LogP contribution in [0.1, 0.15) is 42.8 Å². The maximum absolute atomic E-state index is 12.3. The summed E-state index contributed by atoms with van der Waals surface area (Å²) in [5.74, 6) is 0.330. The molecule has 0 atom stereocenters. The standard InChI is InChI=1S/C13H22N4OS/c1-9(2)16(3)12(18)10-11(14)15-13(19-10)17-7-5-4-6-8-17/h9H,4-8,14H2,1-3H3. The van der Waals surface area contributed by atoms with Gasteiger partial charge in [-0.15, -0.1) is 0 Å². The van der Waals surface area contributed by atoms with Crippen LogP contribution in [0.15, 0.2) is 0 Å². The number of anilines is 2. The largest absolute Gasteiger partial charge is 0.382 e. The molecule has 2 heterocycles. The molecule has 19 heavy (non-hydrogen) atoms. The van der Waals surface area contributed by atoms with Crippen molar-refractivity contribution in [3.63, 3.8) is 0 Å². The van der Waals surface area contributed by atoms with Crippen LogP contribution in [-0.2, 0) is 0 Å². The Morgan fingerprint density at radius 3 is 2.58 bits per heavy atom. The van der Waals surface area contributed by atoms with Crippen molar-refractivity contribution in [2.75, 3.05) is 30.8 Å². The number of carbonyl (C=O) groups excluding carboxylic acids is 1. The van der Waals surface area contributed by atoms with Crippen LogP contribution in [0.5, 0.6) is 0 Å². The summed E-state index contributed by atoms with van der Waals surface area (Å²) in [6.07, 6.45) is 3.66. The quantitative estimate of drug-likeness (QED) is 0.923. The molecule has 1 aromatic heterocycles. The van der Waals surface area contributed by atoms with Crippen molar-refractivity contribution in [3.8, 4) is 0 Å². The maximum Gasteiger partial charge on any atom is 0.267 e. The first-order valence-electron chi connectivity index (χ1n) is 6.79. The number of hydrogen-bond donors (Lipinski definition) is 1. The van der Waals surface area contributed by atoms with Gasteiger partial charge in [0.05, 0.1) is 0 Å². The molecule has 0 unspecified atom stereocenters. The third-order valence-corrected chi connectivity index (χ3v) is 4.68. The fraction of sp³-hybridized carbons (Fsp3) is 0.692. The smallest absolute Gasteiger partial charge is 0.267 e. The molecule has 1 amide bonds. The summed E-state index contributed by atoms with van der Waals surface area (Å²) >= 11 is 1.42. The fourth-order valence-electron chi connectivity index (χ4n) is 2.09. The molecule has 5 nitrogen and oxygen atoms in total. The normalized spacial score (nSPS) is 15.9. The number of carbonyl (C=O) groups is 1. The second-order valence-corrected chi connectivity index (χ2v) is 6.25. The van der Waals surface area contributed by atoms with Crippen molar-refractivity contribution in [1.29, 1.82) is 0 Å². The zero-order valence-electron chi connectivity index (χ0n) is 11.8. The Kier molecular flexibility index (Phi) is 4.29. The Labute approximate surface area is 118 Å². The second-order valence-electron chi connectivity index (χ2n) is 5.27. The first-order chi connectivity index (χ1) is 9.00. The highest BCUT2D eigenvalue weighted by Gasteiger charge is 2.23. The van der Waals surface area contributed by atoms with Crippen molar-refractivity contribution in [1.82, 2.24) is 9.88 Å². The Balaban J connectivity index is 2.18. The van der Waals surface area contributed by atoms with E-state index in [0.29, 0.717) is 10.7 Å². The predicted molar refractivity (Wildman–Crippen MR) is 79.8 cm³/mol. The molecule has 1 fully saturated rings. The summed E-state index contributed by atoms with van der Waals surface area (Å²) in [5.41, 5.74) is 5.91. The van der Waals surface area contributed by atoms with E-state index in [1.807, 2.05) is 13.8 Å². The third kappa shape index (κ3) is 3.00. The first-order valence-corrected chi connectivity index (χ1v) is 7.60. The Hall–Kier alpha value is -1.30. The summed E-state index contributed by atoms with van der Waals surface area (Å²) in [5, 5.41) is 0.887. The van der Waals surface area contributed by atoms with Crippen molar-refractivity contribution in [3.05, 3.63) is 4.88 Å². The van der Waals surface area contributed by atoms with Crippen molar-refractivity contribution < 1.29 is 4.79 Å². The fourth-order valence-corrected chi connectivity index (χ4v) is 3.11. The number of thiazole rings is 1. The minimum absolute atomic E-state index is 0.0340. The summed E-state index contributed by atoms with van der Waals surface area (Å²) in [7, 11) is 1.80. The second kappa shape index (κ2) is 5.77. The van der Waals surface area contributed by atoms with Crippen LogP contribution in [0, 0.1) is 0 Å². The zero-order valence-corrected chi connectivity index (χ0v) is 12.7. The molecule has 1 aliphatic heterocycles. The average Bonchev–Trinajstić information content (AvgIpc) is 2.80. The molecule has 0 saturated carbocycles. The van der Waals surface area contributed by atoms with Gasteiger partial charge in [-0.1, -0.05) is 11.3 Å². The van der Waals surface area contributed by atoms with E-state index >= 15 is 0 Å². The van der Waals surface area contributed by atoms with Gasteiger partial charge in [-0.25, -0.2) is 4.98 Å². The molecule has 0 aromatic carbocycles. The Morgan fingerprint density at radius 2 is 2.00 bits per heavy atom. The molecule has 106 valence electrons. The molecule has 2 rings (SSSR count). The lowest BCUT2D eigenvalue weighted by molar-refractivity contribution is 0.0760. The van der Waals surface area contributed by atoms with Gasteiger partial charge in [0.25, 0.3) is 5.91 Å². The SMILES string of the molecule is CC(C)N(C)C(=O)c1sc(N2CCCCC2)nc1N. The van der Waals surface area contributed by atoms with Gasteiger partial charge >= 0.3 is 0 Å². The molecule has 0 bridgehead atoms. The van der Waals surface area contributed by atoms with Crippen molar-refractivity contribution in [2.24, 2.45) is 0 Å². The number of piperidine rings is 1. The highest BCUT2D eigenvalue weighted by Crippen LogP contribution is 2.30.